The molecule has 2 heterocycles. The summed E-state index contributed by atoms with van der Waals surface area (Å²) in [5, 5.41) is 0. The van der Waals surface area contributed by atoms with Gasteiger partial charge in [-0.05, 0) is 6.42 Å². The van der Waals surface area contributed by atoms with Gasteiger partial charge in [0, 0.05) is 5.41 Å². The fourth-order valence-electron chi connectivity index (χ4n) is 1.63. The summed E-state index contributed by atoms with van der Waals surface area (Å²) in [5.41, 5.74) is 0.184. The second kappa shape index (κ2) is 4.37. The molecule has 0 amide bonds. The van der Waals surface area contributed by atoms with E-state index in [1.165, 1.54) is 0 Å². The Morgan fingerprint density at radius 3 is 2.80 bits per heavy atom. The molecule has 0 aromatic rings. The molecule has 2 saturated heterocycles. The van der Waals surface area contributed by atoms with E-state index in [1.54, 1.807) is 0 Å². The predicted molar refractivity (Wildman–Crippen MR) is 50.6 cm³/mol. The Hall–Kier alpha value is -0.810. The molecule has 2 aliphatic heterocycles. The van der Waals surface area contributed by atoms with Crippen LogP contribution in [0, 0.1) is 5.41 Å². The Morgan fingerprint density at radius 2 is 2.33 bits per heavy atom. The van der Waals surface area contributed by atoms with Crippen molar-refractivity contribution in [1.29, 1.82) is 0 Å². The SMILES string of the molecule is CCC1(COCC2COC(=O)O2)COC1. The van der Waals surface area contributed by atoms with E-state index in [1.807, 2.05) is 0 Å². The monoisotopic (exact) mass is 216 g/mol. The summed E-state index contributed by atoms with van der Waals surface area (Å²) in [4.78, 5) is 10.6. The van der Waals surface area contributed by atoms with Crippen molar-refractivity contribution in [3.8, 4) is 0 Å². The van der Waals surface area contributed by atoms with Gasteiger partial charge < -0.3 is 18.9 Å². The van der Waals surface area contributed by atoms with Gasteiger partial charge in [0.15, 0.2) is 6.10 Å². The second-order valence-corrected chi connectivity index (χ2v) is 4.16. The van der Waals surface area contributed by atoms with Gasteiger partial charge in [-0.1, -0.05) is 6.92 Å². The van der Waals surface area contributed by atoms with E-state index in [0.29, 0.717) is 19.8 Å². The van der Waals surface area contributed by atoms with Crippen LogP contribution in [-0.4, -0.2) is 45.3 Å². The quantitative estimate of drug-likeness (QED) is 0.641. The molecule has 0 N–H and O–H groups in total. The van der Waals surface area contributed by atoms with E-state index in [4.69, 9.17) is 14.2 Å². The van der Waals surface area contributed by atoms with Crippen molar-refractivity contribution >= 4 is 6.16 Å². The topological polar surface area (TPSA) is 54.0 Å². The van der Waals surface area contributed by atoms with Crippen LogP contribution in [0.15, 0.2) is 0 Å². The van der Waals surface area contributed by atoms with Crippen LogP contribution in [0.3, 0.4) is 0 Å². The average molecular weight is 216 g/mol. The Balaban J connectivity index is 1.64. The number of carbonyl (C=O) groups excluding carboxylic acids is 1. The van der Waals surface area contributed by atoms with Gasteiger partial charge in [0.1, 0.15) is 6.61 Å². The van der Waals surface area contributed by atoms with Crippen molar-refractivity contribution in [3.05, 3.63) is 0 Å². The Morgan fingerprint density at radius 1 is 1.53 bits per heavy atom. The maximum atomic E-state index is 10.6. The standard InChI is InChI=1S/C10H16O5/c1-2-10(6-13-7-10)5-12-3-8-4-14-9(11)15-8/h8H,2-7H2,1H3. The molecule has 2 rings (SSSR count). The zero-order chi connectivity index (χ0) is 10.7. The highest BCUT2D eigenvalue weighted by Gasteiger charge is 2.37. The van der Waals surface area contributed by atoms with Crippen LogP contribution in [0.4, 0.5) is 4.79 Å². The number of cyclic esters (lactones) is 2. The van der Waals surface area contributed by atoms with Gasteiger partial charge in [0.25, 0.3) is 0 Å². The van der Waals surface area contributed by atoms with Crippen LogP contribution >= 0.6 is 0 Å². The summed E-state index contributed by atoms with van der Waals surface area (Å²) < 4.78 is 20.2. The van der Waals surface area contributed by atoms with E-state index < -0.39 is 6.16 Å². The first kappa shape index (κ1) is 10.7. The van der Waals surface area contributed by atoms with Crippen molar-refractivity contribution in [2.75, 3.05) is 33.0 Å². The highest BCUT2D eigenvalue weighted by molar-refractivity contribution is 5.61. The zero-order valence-electron chi connectivity index (χ0n) is 8.86. The van der Waals surface area contributed by atoms with Gasteiger partial charge in [-0.2, -0.15) is 0 Å². The molecule has 0 radical (unpaired) electrons. The molecular formula is C10H16O5. The third-order valence-electron chi connectivity index (χ3n) is 2.93. The fraction of sp³-hybridized carbons (Fsp3) is 0.900. The molecule has 5 nitrogen and oxygen atoms in total. The molecule has 0 aromatic heterocycles. The van der Waals surface area contributed by atoms with E-state index in [-0.39, 0.29) is 11.5 Å². The average Bonchev–Trinajstić information content (AvgIpc) is 2.56. The molecule has 0 saturated carbocycles. The molecule has 2 aliphatic rings. The predicted octanol–water partition coefficient (Wildman–Crippen LogP) is 0.965. The molecule has 5 heteroatoms. The molecule has 1 atom stereocenters. The molecule has 0 bridgehead atoms. The highest BCUT2D eigenvalue weighted by Crippen LogP contribution is 2.31. The number of carbonyl (C=O) groups is 1. The third-order valence-corrected chi connectivity index (χ3v) is 2.93. The number of rotatable bonds is 5. The van der Waals surface area contributed by atoms with Crippen LogP contribution in [0.2, 0.25) is 0 Å². The number of hydrogen-bond acceptors (Lipinski definition) is 5. The van der Waals surface area contributed by atoms with Crippen molar-refractivity contribution < 1.29 is 23.7 Å². The van der Waals surface area contributed by atoms with Crippen molar-refractivity contribution in [2.24, 2.45) is 5.41 Å². The van der Waals surface area contributed by atoms with Gasteiger partial charge in [-0.15, -0.1) is 0 Å². The minimum absolute atomic E-state index is 0.184. The summed E-state index contributed by atoms with van der Waals surface area (Å²) in [6.07, 6.45) is 0.210. The summed E-state index contributed by atoms with van der Waals surface area (Å²) in [5.74, 6) is 0. The summed E-state index contributed by atoms with van der Waals surface area (Å²) in [7, 11) is 0. The molecule has 0 aromatic carbocycles. The first-order valence-electron chi connectivity index (χ1n) is 5.23. The summed E-state index contributed by atoms with van der Waals surface area (Å²) >= 11 is 0. The molecule has 0 aliphatic carbocycles. The van der Waals surface area contributed by atoms with Crippen LogP contribution in [0.5, 0.6) is 0 Å². The first-order valence-corrected chi connectivity index (χ1v) is 5.23. The first-order chi connectivity index (χ1) is 7.24. The second-order valence-electron chi connectivity index (χ2n) is 4.16. The lowest BCUT2D eigenvalue weighted by atomic mass is 9.84. The van der Waals surface area contributed by atoms with Gasteiger partial charge in [0.2, 0.25) is 0 Å². The lowest BCUT2D eigenvalue weighted by Crippen LogP contribution is -2.46. The zero-order valence-corrected chi connectivity index (χ0v) is 8.86. The minimum atomic E-state index is -0.596. The van der Waals surface area contributed by atoms with Gasteiger partial charge in [0.05, 0.1) is 26.4 Å². The van der Waals surface area contributed by atoms with E-state index in [9.17, 15) is 4.79 Å². The van der Waals surface area contributed by atoms with Gasteiger partial charge >= 0.3 is 6.16 Å². The van der Waals surface area contributed by atoms with E-state index in [0.717, 1.165) is 19.6 Å². The molecule has 1 unspecified atom stereocenters. The molecule has 0 spiro atoms. The van der Waals surface area contributed by atoms with Gasteiger partial charge in [-0.3, -0.25) is 0 Å². The highest BCUT2D eigenvalue weighted by atomic mass is 16.8. The fourth-order valence-corrected chi connectivity index (χ4v) is 1.63. The minimum Gasteiger partial charge on any atom is -0.430 e. The van der Waals surface area contributed by atoms with Crippen LogP contribution < -0.4 is 0 Å². The van der Waals surface area contributed by atoms with Gasteiger partial charge in [-0.25, -0.2) is 4.79 Å². The summed E-state index contributed by atoms with van der Waals surface area (Å²) in [6, 6.07) is 0. The molecule has 15 heavy (non-hydrogen) atoms. The lowest BCUT2D eigenvalue weighted by molar-refractivity contribution is -0.154. The maximum Gasteiger partial charge on any atom is 0.508 e. The van der Waals surface area contributed by atoms with E-state index in [2.05, 4.69) is 11.7 Å². The smallest absolute Gasteiger partial charge is 0.430 e. The Labute approximate surface area is 88.6 Å². The molecule has 86 valence electrons. The normalized spacial score (nSPS) is 28.1. The maximum absolute atomic E-state index is 10.6. The van der Waals surface area contributed by atoms with Crippen LogP contribution in [0.25, 0.3) is 0 Å². The van der Waals surface area contributed by atoms with Crippen LogP contribution in [-0.2, 0) is 18.9 Å². The summed E-state index contributed by atoms with van der Waals surface area (Å²) in [6.45, 7) is 5.04. The largest absolute Gasteiger partial charge is 0.508 e. The number of ether oxygens (including phenoxy) is 4. The molecular weight excluding hydrogens is 200 g/mol. The number of hydrogen-bond donors (Lipinski definition) is 0. The van der Waals surface area contributed by atoms with Crippen molar-refractivity contribution in [1.82, 2.24) is 0 Å². The van der Waals surface area contributed by atoms with Crippen molar-refractivity contribution in [2.45, 2.75) is 19.4 Å². The Kier molecular flexibility index (Phi) is 3.11. The third kappa shape index (κ3) is 2.41. The van der Waals surface area contributed by atoms with Crippen molar-refractivity contribution in [3.63, 3.8) is 0 Å². The van der Waals surface area contributed by atoms with Crippen LogP contribution in [0.1, 0.15) is 13.3 Å². The Bertz CT molecular complexity index is 230. The molecule has 2 fully saturated rings. The lowest BCUT2D eigenvalue weighted by Gasteiger charge is -2.40. The van der Waals surface area contributed by atoms with E-state index >= 15 is 0 Å².